The van der Waals surface area contributed by atoms with Crippen LogP contribution in [0.2, 0.25) is 0 Å². The van der Waals surface area contributed by atoms with Crippen molar-refractivity contribution in [1.82, 2.24) is 0 Å². The third-order valence-corrected chi connectivity index (χ3v) is 8.80. The molecule has 1 rings (SSSR count). The Kier molecular flexibility index (Phi) is 23.1. The summed E-state index contributed by atoms with van der Waals surface area (Å²) >= 11 is 0. The second-order valence-corrected chi connectivity index (χ2v) is 12.3. The molecule has 0 saturated carbocycles. The van der Waals surface area contributed by atoms with E-state index in [1.165, 1.54) is 173 Å². The molecule has 36 heavy (non-hydrogen) atoms. The van der Waals surface area contributed by atoms with Crippen LogP contribution in [0.25, 0.3) is 0 Å². The Hall–Kier alpha value is -0.520. The van der Waals surface area contributed by atoms with Crippen LogP contribution in [0.3, 0.4) is 0 Å². The lowest BCUT2D eigenvalue weighted by atomic mass is 9.86. The van der Waals surface area contributed by atoms with Crippen LogP contribution >= 0.6 is 0 Å². The number of allylic oxidation sites excluding steroid dienone is 4. The fraction of sp³-hybridized carbons (Fsp3) is 0.889. The Balaban J connectivity index is 2.44. The summed E-state index contributed by atoms with van der Waals surface area (Å²) in [5, 5.41) is 0. The molecule has 0 heterocycles. The first-order valence-electron chi connectivity index (χ1n) is 17.1. The first kappa shape index (κ1) is 33.5. The zero-order chi connectivity index (χ0) is 26.1. The third-order valence-electron chi connectivity index (χ3n) is 8.80. The Morgan fingerprint density at radius 2 is 0.917 bits per heavy atom. The van der Waals surface area contributed by atoms with Gasteiger partial charge in [-0.15, -0.1) is 0 Å². The maximum absolute atomic E-state index is 2.55. The average molecular weight is 501 g/mol. The molecule has 0 aromatic rings. The largest absolute Gasteiger partial charge is 0.0772 e. The highest BCUT2D eigenvalue weighted by Gasteiger charge is 2.18. The summed E-state index contributed by atoms with van der Waals surface area (Å²) in [5.41, 5.74) is 5.24. The topological polar surface area (TPSA) is 0 Å². The maximum Gasteiger partial charge on any atom is -0.0127 e. The highest BCUT2D eigenvalue weighted by Crippen LogP contribution is 2.36. The molecule has 0 radical (unpaired) electrons. The predicted molar refractivity (Wildman–Crippen MR) is 166 cm³/mol. The zero-order valence-corrected chi connectivity index (χ0v) is 25.7. The molecule has 212 valence electrons. The Bertz CT molecular complexity index is 536. The van der Waals surface area contributed by atoms with E-state index in [9.17, 15) is 0 Å². The molecule has 0 saturated heterocycles. The van der Waals surface area contributed by atoms with E-state index in [1.807, 2.05) is 5.57 Å². The highest BCUT2D eigenvalue weighted by atomic mass is 14.2. The summed E-state index contributed by atoms with van der Waals surface area (Å²) in [6, 6.07) is 0. The lowest BCUT2D eigenvalue weighted by Crippen LogP contribution is -2.04. The molecule has 0 fully saturated rings. The molecule has 0 nitrogen and oxygen atoms in total. The lowest BCUT2D eigenvalue weighted by molar-refractivity contribution is 0.397. The van der Waals surface area contributed by atoms with Gasteiger partial charge in [0.25, 0.3) is 0 Å². The summed E-state index contributed by atoms with van der Waals surface area (Å²) in [6.07, 6.45) is 41.3. The second-order valence-electron chi connectivity index (χ2n) is 12.3. The standard InChI is InChI=1S/C36H68/c1-5-8-11-14-17-19-22-25-28-34(27-24-21-16-13-10-7-3)32-35-31-30-33(4)36(35)29-26-23-20-18-15-12-9-6-2/h30,34H,5-29,31-32H2,1-4H3. The molecule has 0 N–H and O–H groups in total. The van der Waals surface area contributed by atoms with Crippen LogP contribution < -0.4 is 0 Å². The van der Waals surface area contributed by atoms with Gasteiger partial charge in [-0.2, -0.15) is 0 Å². The predicted octanol–water partition coefficient (Wildman–Crippen LogP) is 13.5. The smallest absolute Gasteiger partial charge is 0.0127 e. The molecule has 0 aliphatic heterocycles. The van der Waals surface area contributed by atoms with Crippen molar-refractivity contribution in [1.29, 1.82) is 0 Å². The van der Waals surface area contributed by atoms with Crippen LogP contribution in [0.5, 0.6) is 0 Å². The van der Waals surface area contributed by atoms with Gasteiger partial charge in [0, 0.05) is 0 Å². The fourth-order valence-electron chi connectivity index (χ4n) is 6.29. The van der Waals surface area contributed by atoms with Crippen LogP contribution in [-0.4, -0.2) is 0 Å². The molecule has 0 spiro atoms. The van der Waals surface area contributed by atoms with E-state index in [-0.39, 0.29) is 0 Å². The zero-order valence-electron chi connectivity index (χ0n) is 25.7. The normalized spacial score (nSPS) is 14.6. The van der Waals surface area contributed by atoms with Crippen LogP contribution in [0, 0.1) is 5.92 Å². The summed E-state index contributed by atoms with van der Waals surface area (Å²) in [6.45, 7) is 9.36. The first-order chi connectivity index (χ1) is 17.7. The van der Waals surface area contributed by atoms with Gasteiger partial charge >= 0.3 is 0 Å². The Labute approximate surface area is 229 Å². The Morgan fingerprint density at radius 3 is 1.36 bits per heavy atom. The van der Waals surface area contributed by atoms with E-state index in [4.69, 9.17) is 0 Å². The van der Waals surface area contributed by atoms with Gasteiger partial charge in [0.15, 0.2) is 0 Å². The fourth-order valence-corrected chi connectivity index (χ4v) is 6.29. The van der Waals surface area contributed by atoms with Crippen molar-refractivity contribution in [3.05, 3.63) is 22.8 Å². The number of hydrogen-bond donors (Lipinski definition) is 0. The first-order valence-corrected chi connectivity index (χ1v) is 17.1. The van der Waals surface area contributed by atoms with Crippen LogP contribution in [0.1, 0.15) is 201 Å². The van der Waals surface area contributed by atoms with E-state index >= 15 is 0 Å². The van der Waals surface area contributed by atoms with Gasteiger partial charge in [-0.25, -0.2) is 0 Å². The van der Waals surface area contributed by atoms with Gasteiger partial charge in [-0.05, 0) is 44.1 Å². The van der Waals surface area contributed by atoms with E-state index in [0.717, 1.165) is 5.92 Å². The lowest BCUT2D eigenvalue weighted by Gasteiger charge is -2.20. The highest BCUT2D eigenvalue weighted by molar-refractivity contribution is 5.41. The SMILES string of the molecule is CCCCCCCCCCC1=C(CC(CCCCCCCC)CCCCCCCCCC)CC=C1C. The Morgan fingerprint density at radius 1 is 0.528 bits per heavy atom. The van der Waals surface area contributed by atoms with Crippen molar-refractivity contribution >= 4 is 0 Å². The molecule has 0 bridgehead atoms. The molecule has 1 atom stereocenters. The monoisotopic (exact) mass is 501 g/mol. The van der Waals surface area contributed by atoms with E-state index in [0.29, 0.717) is 0 Å². The van der Waals surface area contributed by atoms with Crippen LogP contribution in [0.15, 0.2) is 22.8 Å². The number of rotatable bonds is 27. The van der Waals surface area contributed by atoms with Crippen molar-refractivity contribution in [2.24, 2.45) is 5.92 Å². The quantitative estimate of drug-likeness (QED) is 0.0983. The molecule has 1 aliphatic rings. The van der Waals surface area contributed by atoms with Gasteiger partial charge in [0.1, 0.15) is 0 Å². The number of unbranched alkanes of at least 4 members (excludes halogenated alkanes) is 19. The molecule has 0 aromatic heterocycles. The van der Waals surface area contributed by atoms with Gasteiger partial charge in [0.2, 0.25) is 0 Å². The minimum absolute atomic E-state index is 0.944. The summed E-state index contributed by atoms with van der Waals surface area (Å²) in [5.74, 6) is 0.944. The number of hydrogen-bond acceptors (Lipinski definition) is 0. The summed E-state index contributed by atoms with van der Waals surface area (Å²) < 4.78 is 0. The molecular weight excluding hydrogens is 432 g/mol. The third kappa shape index (κ3) is 17.9. The molecule has 0 aromatic carbocycles. The van der Waals surface area contributed by atoms with Crippen molar-refractivity contribution in [2.75, 3.05) is 0 Å². The van der Waals surface area contributed by atoms with Gasteiger partial charge in [-0.1, -0.05) is 186 Å². The van der Waals surface area contributed by atoms with E-state index < -0.39 is 0 Å². The molecule has 0 amide bonds. The molecule has 1 unspecified atom stereocenters. The van der Waals surface area contributed by atoms with Gasteiger partial charge < -0.3 is 0 Å². The minimum Gasteiger partial charge on any atom is -0.0772 e. The summed E-state index contributed by atoms with van der Waals surface area (Å²) in [4.78, 5) is 0. The van der Waals surface area contributed by atoms with Crippen molar-refractivity contribution in [3.63, 3.8) is 0 Å². The summed E-state index contributed by atoms with van der Waals surface area (Å²) in [7, 11) is 0. The average Bonchev–Trinajstić information content (AvgIpc) is 3.22. The van der Waals surface area contributed by atoms with Crippen LogP contribution in [-0.2, 0) is 0 Å². The second kappa shape index (κ2) is 24.8. The van der Waals surface area contributed by atoms with Gasteiger partial charge in [0.05, 0.1) is 0 Å². The van der Waals surface area contributed by atoms with Crippen molar-refractivity contribution < 1.29 is 0 Å². The molecular formula is C36H68. The van der Waals surface area contributed by atoms with Crippen molar-refractivity contribution in [2.45, 2.75) is 201 Å². The van der Waals surface area contributed by atoms with Gasteiger partial charge in [-0.3, -0.25) is 0 Å². The van der Waals surface area contributed by atoms with E-state index in [2.05, 4.69) is 33.8 Å². The molecule has 1 aliphatic carbocycles. The van der Waals surface area contributed by atoms with Crippen molar-refractivity contribution in [3.8, 4) is 0 Å². The van der Waals surface area contributed by atoms with Crippen LogP contribution in [0.4, 0.5) is 0 Å². The maximum atomic E-state index is 2.55. The minimum atomic E-state index is 0.944. The van der Waals surface area contributed by atoms with E-state index in [1.54, 1.807) is 11.1 Å². The molecule has 0 heteroatoms.